The van der Waals surface area contributed by atoms with Crippen molar-refractivity contribution in [1.82, 2.24) is 10.2 Å². The monoisotopic (exact) mass is 356 g/mol. The van der Waals surface area contributed by atoms with Gasteiger partial charge in [0.05, 0.1) is 5.56 Å². The Morgan fingerprint density at radius 3 is 2.80 bits per heavy atom. The molecule has 1 N–H and O–H groups in total. The standard InChI is InChI=1S/C15H21BrN2OS/c1-2-7-18-8-5-11(6-9-18)17-15(19)13-10-12(20)3-4-14(13)16/h3-4,10-11,20H,2,5-9H2,1H3,(H,17,19). The fourth-order valence-corrected chi connectivity index (χ4v) is 3.20. The highest BCUT2D eigenvalue weighted by Crippen LogP contribution is 2.21. The van der Waals surface area contributed by atoms with Crippen molar-refractivity contribution in [3.8, 4) is 0 Å². The van der Waals surface area contributed by atoms with Gasteiger partial charge >= 0.3 is 0 Å². The molecular formula is C15H21BrN2OS. The summed E-state index contributed by atoms with van der Waals surface area (Å²) in [5, 5.41) is 3.14. The summed E-state index contributed by atoms with van der Waals surface area (Å²) in [4.78, 5) is 15.6. The molecule has 1 aliphatic rings. The van der Waals surface area contributed by atoms with E-state index in [2.05, 4.69) is 45.7 Å². The second-order valence-corrected chi connectivity index (χ2v) is 6.62. The van der Waals surface area contributed by atoms with Crippen LogP contribution in [0.15, 0.2) is 27.6 Å². The van der Waals surface area contributed by atoms with Gasteiger partial charge in [-0.05, 0) is 59.9 Å². The molecule has 1 saturated heterocycles. The average molecular weight is 357 g/mol. The normalized spacial score (nSPS) is 17.1. The first-order valence-corrected chi connectivity index (χ1v) is 8.36. The molecule has 1 aliphatic heterocycles. The lowest BCUT2D eigenvalue weighted by Gasteiger charge is -2.32. The first-order valence-electron chi connectivity index (χ1n) is 7.12. The highest BCUT2D eigenvalue weighted by molar-refractivity contribution is 9.10. The van der Waals surface area contributed by atoms with E-state index in [4.69, 9.17) is 0 Å². The van der Waals surface area contributed by atoms with Gasteiger partial charge < -0.3 is 10.2 Å². The van der Waals surface area contributed by atoms with Crippen LogP contribution in [0.2, 0.25) is 0 Å². The maximum Gasteiger partial charge on any atom is 0.252 e. The molecule has 1 aromatic rings. The van der Waals surface area contributed by atoms with Gasteiger partial charge in [0.1, 0.15) is 0 Å². The number of nitrogens with one attached hydrogen (secondary N) is 1. The van der Waals surface area contributed by atoms with Crippen LogP contribution in [0, 0.1) is 0 Å². The van der Waals surface area contributed by atoms with E-state index in [1.807, 2.05) is 12.1 Å². The van der Waals surface area contributed by atoms with Crippen molar-refractivity contribution in [2.45, 2.75) is 37.1 Å². The first kappa shape index (κ1) is 15.9. The second-order valence-electron chi connectivity index (χ2n) is 5.25. The summed E-state index contributed by atoms with van der Waals surface area (Å²) in [5.74, 6) is -0.0123. The Balaban J connectivity index is 1.91. The lowest BCUT2D eigenvalue weighted by molar-refractivity contribution is 0.0910. The van der Waals surface area contributed by atoms with Crippen molar-refractivity contribution in [2.24, 2.45) is 0 Å². The van der Waals surface area contributed by atoms with Crippen molar-refractivity contribution in [3.63, 3.8) is 0 Å². The first-order chi connectivity index (χ1) is 9.60. The Hall–Kier alpha value is -0.520. The quantitative estimate of drug-likeness (QED) is 0.810. The van der Waals surface area contributed by atoms with E-state index < -0.39 is 0 Å². The summed E-state index contributed by atoms with van der Waals surface area (Å²) < 4.78 is 0.816. The number of likely N-dealkylation sites (tertiary alicyclic amines) is 1. The number of hydrogen-bond donors (Lipinski definition) is 2. The lowest BCUT2D eigenvalue weighted by atomic mass is 10.0. The van der Waals surface area contributed by atoms with Crippen molar-refractivity contribution >= 4 is 34.5 Å². The Bertz CT molecular complexity index is 473. The van der Waals surface area contributed by atoms with Gasteiger partial charge in [0.25, 0.3) is 5.91 Å². The van der Waals surface area contributed by atoms with Crippen molar-refractivity contribution < 1.29 is 4.79 Å². The van der Waals surface area contributed by atoms with Crippen LogP contribution in [0.3, 0.4) is 0 Å². The van der Waals surface area contributed by atoms with E-state index >= 15 is 0 Å². The zero-order chi connectivity index (χ0) is 14.5. The maximum absolute atomic E-state index is 12.3. The minimum Gasteiger partial charge on any atom is -0.349 e. The molecule has 110 valence electrons. The number of rotatable bonds is 4. The third-order valence-electron chi connectivity index (χ3n) is 3.66. The summed E-state index contributed by atoms with van der Waals surface area (Å²) in [6.07, 6.45) is 3.26. The molecule has 1 fully saturated rings. The largest absolute Gasteiger partial charge is 0.349 e. The Morgan fingerprint density at radius 2 is 2.15 bits per heavy atom. The van der Waals surface area contributed by atoms with Gasteiger partial charge in [0.2, 0.25) is 0 Å². The molecule has 0 atom stereocenters. The average Bonchev–Trinajstić information content (AvgIpc) is 2.44. The smallest absolute Gasteiger partial charge is 0.252 e. The number of nitrogens with zero attached hydrogens (tertiary/aromatic N) is 1. The van der Waals surface area contributed by atoms with Gasteiger partial charge in [-0.25, -0.2) is 0 Å². The molecule has 0 unspecified atom stereocenters. The number of carbonyl (C=O) groups excluding carboxylic acids is 1. The molecule has 0 spiro atoms. The molecule has 5 heteroatoms. The minimum atomic E-state index is -0.0123. The summed E-state index contributed by atoms with van der Waals surface area (Å²) in [6, 6.07) is 5.81. The van der Waals surface area contributed by atoms with E-state index in [0.717, 1.165) is 41.8 Å². The predicted molar refractivity (Wildman–Crippen MR) is 88.6 cm³/mol. The van der Waals surface area contributed by atoms with Gasteiger partial charge in [0, 0.05) is 28.5 Å². The highest BCUT2D eigenvalue weighted by Gasteiger charge is 2.21. The number of thiol groups is 1. The Kier molecular flexibility index (Phi) is 5.93. The molecule has 1 aromatic carbocycles. The predicted octanol–water partition coefficient (Wildman–Crippen LogP) is 3.34. The van der Waals surface area contributed by atoms with Gasteiger partial charge in [-0.2, -0.15) is 0 Å². The topological polar surface area (TPSA) is 32.3 Å². The van der Waals surface area contributed by atoms with Gasteiger partial charge in [0.15, 0.2) is 0 Å². The van der Waals surface area contributed by atoms with Crippen LogP contribution in [-0.4, -0.2) is 36.5 Å². The van der Waals surface area contributed by atoms with Crippen LogP contribution < -0.4 is 5.32 Å². The molecule has 0 radical (unpaired) electrons. The number of amides is 1. The number of hydrogen-bond acceptors (Lipinski definition) is 3. The van der Waals surface area contributed by atoms with E-state index in [1.54, 1.807) is 6.07 Å². The summed E-state index contributed by atoms with van der Waals surface area (Å²) in [5.41, 5.74) is 0.661. The molecule has 0 aliphatic carbocycles. The van der Waals surface area contributed by atoms with Crippen molar-refractivity contribution in [1.29, 1.82) is 0 Å². The number of halogens is 1. The molecule has 0 saturated carbocycles. The molecule has 1 amide bonds. The Morgan fingerprint density at radius 1 is 1.45 bits per heavy atom. The highest BCUT2D eigenvalue weighted by atomic mass is 79.9. The number of piperidine rings is 1. The van der Waals surface area contributed by atoms with Gasteiger partial charge in [-0.3, -0.25) is 4.79 Å². The van der Waals surface area contributed by atoms with Gasteiger partial charge in [-0.1, -0.05) is 6.92 Å². The zero-order valence-electron chi connectivity index (χ0n) is 11.7. The van der Waals surface area contributed by atoms with E-state index in [1.165, 1.54) is 6.42 Å². The molecular weight excluding hydrogens is 336 g/mol. The molecule has 2 rings (SSSR count). The van der Waals surface area contributed by atoms with E-state index in [0.29, 0.717) is 5.56 Å². The Labute approximate surface area is 134 Å². The van der Waals surface area contributed by atoms with Crippen LogP contribution in [0.4, 0.5) is 0 Å². The van der Waals surface area contributed by atoms with Crippen LogP contribution in [-0.2, 0) is 0 Å². The molecule has 0 aromatic heterocycles. The molecule has 3 nitrogen and oxygen atoms in total. The zero-order valence-corrected chi connectivity index (χ0v) is 14.2. The second kappa shape index (κ2) is 7.48. The van der Waals surface area contributed by atoms with Crippen LogP contribution >= 0.6 is 28.6 Å². The van der Waals surface area contributed by atoms with Gasteiger partial charge in [-0.15, -0.1) is 12.6 Å². The lowest BCUT2D eigenvalue weighted by Crippen LogP contribution is -2.44. The fourth-order valence-electron chi connectivity index (χ4n) is 2.57. The summed E-state index contributed by atoms with van der Waals surface area (Å²) >= 11 is 7.71. The van der Waals surface area contributed by atoms with Crippen LogP contribution in [0.25, 0.3) is 0 Å². The number of benzene rings is 1. The third kappa shape index (κ3) is 4.24. The third-order valence-corrected chi connectivity index (χ3v) is 4.63. The van der Waals surface area contributed by atoms with E-state index in [9.17, 15) is 4.79 Å². The SMILES string of the molecule is CCCN1CCC(NC(=O)c2cc(S)ccc2Br)CC1. The summed E-state index contributed by atoms with van der Waals surface area (Å²) in [6.45, 7) is 5.52. The van der Waals surface area contributed by atoms with Crippen LogP contribution in [0.1, 0.15) is 36.5 Å². The molecule has 20 heavy (non-hydrogen) atoms. The maximum atomic E-state index is 12.3. The van der Waals surface area contributed by atoms with Crippen molar-refractivity contribution in [2.75, 3.05) is 19.6 Å². The van der Waals surface area contributed by atoms with E-state index in [-0.39, 0.29) is 11.9 Å². The molecule has 1 heterocycles. The van der Waals surface area contributed by atoms with Crippen molar-refractivity contribution in [3.05, 3.63) is 28.2 Å². The summed E-state index contributed by atoms with van der Waals surface area (Å²) in [7, 11) is 0. The minimum absolute atomic E-state index is 0.0123. The molecule has 0 bridgehead atoms. The van der Waals surface area contributed by atoms with Crippen LogP contribution in [0.5, 0.6) is 0 Å². The number of carbonyl (C=O) groups is 1. The fraction of sp³-hybridized carbons (Fsp3) is 0.533.